The quantitative estimate of drug-likeness (QED) is 0.0770. The Kier molecular flexibility index (Phi) is 17.5. The molecule has 0 saturated carbocycles. The molecule has 5 fully saturated rings. The van der Waals surface area contributed by atoms with Gasteiger partial charge in [0.15, 0.2) is 31.5 Å². The monoisotopic (exact) mass is 894 g/mol. The van der Waals surface area contributed by atoms with Gasteiger partial charge in [-0.3, -0.25) is 9.59 Å². The first kappa shape index (κ1) is 50.0. The van der Waals surface area contributed by atoms with Gasteiger partial charge in [-0.05, 0) is 6.92 Å². The molecular weight excluding hydrogens is 836 g/mol. The molecule has 61 heavy (non-hydrogen) atoms. The van der Waals surface area contributed by atoms with Gasteiger partial charge >= 0.3 is 0 Å². The molecule has 5 rings (SSSR count). The van der Waals surface area contributed by atoms with Crippen molar-refractivity contribution in [2.24, 2.45) is 0 Å². The number of carbonyl (C=O) groups is 2. The number of carbonyl (C=O) groups excluding carboxylic acids is 2. The van der Waals surface area contributed by atoms with E-state index in [1.807, 2.05) is 0 Å². The standard InChI is InChI=1S/C34H58N2O25/c1-8-17(41)22(46)25(49)32(55-8)54-7-14-29(20(44)15(30(52)56-14)35-9(2)39)60-31-16(36-10(3)40)21(45)28(12(5-38)58-31)61-34-27(51)24(48)19(43)13(59-34)6-53-33-26(50)23(47)18(42)11(4-37)57-33/h8,11-34,37-38,41-52H,4-7H2,1-3H3,(H,35,39)(H,36,40)/t8-,11-,12+,13+,14+,15+,16+,17+,18+,19+,20+,21+,22+,23-,24-,25-,26-,27-,28+,29+,30+,31-,32-,33-,34-/m0/s1. The number of hydrogen-bond donors (Lipinski definition) is 16. The minimum Gasteiger partial charge on any atom is -0.394 e. The molecule has 16 N–H and O–H groups in total. The summed E-state index contributed by atoms with van der Waals surface area (Å²) in [5.41, 5.74) is 0. The summed E-state index contributed by atoms with van der Waals surface area (Å²) in [5.74, 6) is -1.50. The lowest BCUT2D eigenvalue weighted by atomic mass is 9.94. The zero-order chi connectivity index (χ0) is 45.2. The normalized spacial score (nSPS) is 49.6. The first-order valence-corrected chi connectivity index (χ1v) is 19.4. The van der Waals surface area contributed by atoms with Crippen LogP contribution in [0.15, 0.2) is 0 Å². The highest BCUT2D eigenvalue weighted by Crippen LogP contribution is 2.34. The van der Waals surface area contributed by atoms with Gasteiger partial charge in [-0.25, -0.2) is 0 Å². The fourth-order valence-corrected chi connectivity index (χ4v) is 7.58. The molecule has 27 nitrogen and oxygen atoms in total. The van der Waals surface area contributed by atoms with Crippen LogP contribution < -0.4 is 10.6 Å². The predicted octanol–water partition coefficient (Wildman–Crippen LogP) is -10.6. The average Bonchev–Trinajstić information content (AvgIpc) is 3.21. The van der Waals surface area contributed by atoms with Gasteiger partial charge < -0.3 is 125 Å². The van der Waals surface area contributed by atoms with Crippen molar-refractivity contribution in [2.45, 2.75) is 174 Å². The highest BCUT2D eigenvalue weighted by molar-refractivity contribution is 5.73. The molecule has 0 aromatic carbocycles. The zero-order valence-corrected chi connectivity index (χ0v) is 33.0. The van der Waals surface area contributed by atoms with Gasteiger partial charge in [0.1, 0.15) is 116 Å². The third kappa shape index (κ3) is 11.1. The van der Waals surface area contributed by atoms with Crippen LogP contribution in [0.3, 0.4) is 0 Å². The first-order chi connectivity index (χ1) is 28.7. The Morgan fingerprint density at radius 3 is 1.46 bits per heavy atom. The molecule has 5 aliphatic heterocycles. The van der Waals surface area contributed by atoms with Crippen LogP contribution in [0.5, 0.6) is 0 Å². The number of aliphatic hydroxyl groups is 14. The molecule has 354 valence electrons. The van der Waals surface area contributed by atoms with Gasteiger partial charge in [-0.1, -0.05) is 0 Å². The van der Waals surface area contributed by atoms with Crippen molar-refractivity contribution in [1.82, 2.24) is 10.6 Å². The third-order valence-corrected chi connectivity index (χ3v) is 11.0. The molecule has 0 spiro atoms. The van der Waals surface area contributed by atoms with Crippen LogP contribution in [0, 0.1) is 0 Å². The lowest BCUT2D eigenvalue weighted by Gasteiger charge is -2.49. The van der Waals surface area contributed by atoms with E-state index in [9.17, 15) is 81.1 Å². The van der Waals surface area contributed by atoms with Crippen LogP contribution in [0.1, 0.15) is 20.8 Å². The lowest BCUT2D eigenvalue weighted by Crippen LogP contribution is -2.70. The second-order valence-electron chi connectivity index (χ2n) is 15.5. The number of ether oxygens (including phenoxy) is 9. The van der Waals surface area contributed by atoms with Crippen molar-refractivity contribution in [3.63, 3.8) is 0 Å². The van der Waals surface area contributed by atoms with E-state index in [2.05, 4.69) is 10.6 Å². The summed E-state index contributed by atoms with van der Waals surface area (Å²) in [4.78, 5) is 24.5. The summed E-state index contributed by atoms with van der Waals surface area (Å²) in [7, 11) is 0. The van der Waals surface area contributed by atoms with E-state index in [1.54, 1.807) is 0 Å². The Balaban J connectivity index is 1.33. The van der Waals surface area contributed by atoms with E-state index in [1.165, 1.54) is 6.92 Å². The topological polar surface area (TPSA) is 424 Å². The van der Waals surface area contributed by atoms with Crippen molar-refractivity contribution in [3.05, 3.63) is 0 Å². The molecule has 0 aromatic heterocycles. The number of nitrogens with one attached hydrogen (secondary N) is 2. The minimum absolute atomic E-state index is 0.676. The van der Waals surface area contributed by atoms with E-state index in [0.29, 0.717) is 0 Å². The molecule has 0 aromatic rings. The van der Waals surface area contributed by atoms with Gasteiger partial charge in [-0.15, -0.1) is 0 Å². The van der Waals surface area contributed by atoms with Gasteiger partial charge in [-0.2, -0.15) is 0 Å². The largest absolute Gasteiger partial charge is 0.394 e. The molecular formula is C34H58N2O25. The maximum Gasteiger partial charge on any atom is 0.217 e. The molecule has 5 heterocycles. The van der Waals surface area contributed by atoms with Crippen LogP contribution in [0.2, 0.25) is 0 Å². The van der Waals surface area contributed by atoms with Crippen LogP contribution in [0.4, 0.5) is 0 Å². The predicted molar refractivity (Wildman–Crippen MR) is 188 cm³/mol. The highest BCUT2D eigenvalue weighted by Gasteiger charge is 2.55. The van der Waals surface area contributed by atoms with E-state index >= 15 is 0 Å². The van der Waals surface area contributed by atoms with Crippen LogP contribution in [0.25, 0.3) is 0 Å². The Morgan fingerprint density at radius 2 is 0.885 bits per heavy atom. The number of rotatable bonds is 14. The van der Waals surface area contributed by atoms with Crippen LogP contribution in [-0.2, 0) is 52.2 Å². The Bertz CT molecular complexity index is 1420. The maximum atomic E-state index is 12.5. The maximum absolute atomic E-state index is 12.5. The highest BCUT2D eigenvalue weighted by atomic mass is 16.8. The zero-order valence-electron chi connectivity index (χ0n) is 33.0. The summed E-state index contributed by atoms with van der Waals surface area (Å²) in [6.07, 6.45) is -39.7. The summed E-state index contributed by atoms with van der Waals surface area (Å²) in [6, 6.07) is -3.23. The van der Waals surface area contributed by atoms with E-state index < -0.39 is 192 Å². The number of hydrogen-bond acceptors (Lipinski definition) is 25. The smallest absolute Gasteiger partial charge is 0.217 e. The van der Waals surface area contributed by atoms with E-state index in [4.69, 9.17) is 42.6 Å². The summed E-state index contributed by atoms with van der Waals surface area (Å²) >= 11 is 0. The van der Waals surface area contributed by atoms with E-state index in [0.717, 1.165) is 13.8 Å². The second-order valence-corrected chi connectivity index (χ2v) is 15.5. The van der Waals surface area contributed by atoms with Gasteiger partial charge in [0.05, 0.1) is 32.5 Å². The summed E-state index contributed by atoms with van der Waals surface area (Å²) < 4.78 is 50.8. The van der Waals surface area contributed by atoms with Gasteiger partial charge in [0.25, 0.3) is 0 Å². The van der Waals surface area contributed by atoms with Crippen molar-refractivity contribution >= 4 is 11.8 Å². The van der Waals surface area contributed by atoms with Crippen molar-refractivity contribution < 1.29 is 124 Å². The molecule has 0 aliphatic carbocycles. The molecule has 0 unspecified atom stereocenters. The first-order valence-electron chi connectivity index (χ1n) is 19.4. The van der Waals surface area contributed by atoms with Crippen LogP contribution in [-0.4, -0.2) is 263 Å². The molecule has 0 bridgehead atoms. The van der Waals surface area contributed by atoms with Crippen molar-refractivity contribution in [1.29, 1.82) is 0 Å². The SMILES string of the molecule is CC(=O)N[C@@H]1[C@@H](O)[C@H](O[C@@H]2O[C@H](CO)[C@@H](O[C@@H]3O[C@H](CO[C@H]4O[C@@H](CO)[C@@H](O)[C@H](O)[C@@H]4O)[C@@H](O)[C@H](O)[C@@H]3O)[C@H](O)[C@H]2NC(C)=O)[C@@H](CO[C@H]2O[C@@H](C)[C@@H](O)[C@@H](O)[C@@H]2O)O[C@H]1O. The molecule has 0 radical (unpaired) electrons. The van der Waals surface area contributed by atoms with Crippen LogP contribution >= 0.6 is 0 Å². The number of amides is 2. The fourth-order valence-electron chi connectivity index (χ4n) is 7.58. The Morgan fingerprint density at radius 1 is 0.459 bits per heavy atom. The van der Waals surface area contributed by atoms with Crippen molar-refractivity contribution in [2.75, 3.05) is 26.4 Å². The fraction of sp³-hybridized carbons (Fsp3) is 0.941. The molecule has 5 saturated heterocycles. The molecule has 2 amide bonds. The van der Waals surface area contributed by atoms with Crippen molar-refractivity contribution in [3.8, 4) is 0 Å². The summed E-state index contributed by atoms with van der Waals surface area (Å²) in [6.45, 7) is 0.353. The Labute approximate surface area is 346 Å². The second kappa shape index (κ2) is 21.3. The van der Waals surface area contributed by atoms with Gasteiger partial charge in [0.2, 0.25) is 11.8 Å². The molecule has 27 heteroatoms. The minimum atomic E-state index is -2.05. The average molecular weight is 895 g/mol. The van der Waals surface area contributed by atoms with E-state index in [-0.39, 0.29) is 0 Å². The Hall–Kier alpha value is -1.98. The lowest BCUT2D eigenvalue weighted by molar-refractivity contribution is -0.367. The number of aliphatic hydroxyl groups excluding tert-OH is 14. The molecule has 5 aliphatic rings. The third-order valence-electron chi connectivity index (χ3n) is 11.0. The molecule has 25 atom stereocenters. The summed E-state index contributed by atoms with van der Waals surface area (Å²) in [5, 5.41) is 152. The van der Waals surface area contributed by atoms with Gasteiger partial charge in [0, 0.05) is 13.8 Å².